The van der Waals surface area contributed by atoms with Crippen molar-refractivity contribution in [1.82, 2.24) is 4.98 Å². The Bertz CT molecular complexity index is 637. The van der Waals surface area contributed by atoms with E-state index in [4.69, 9.17) is 22.7 Å². The largest absolute Gasteiger partial charge is 0.439 e. The first-order valence-corrected chi connectivity index (χ1v) is 7.19. The van der Waals surface area contributed by atoms with Crippen LogP contribution in [0.3, 0.4) is 0 Å². The highest BCUT2D eigenvalue weighted by molar-refractivity contribution is 7.80. The summed E-state index contributed by atoms with van der Waals surface area (Å²) in [6.07, 6.45) is 6.50. The van der Waals surface area contributed by atoms with Crippen LogP contribution in [0.4, 0.5) is 0 Å². The summed E-state index contributed by atoms with van der Waals surface area (Å²) in [4.78, 5) is 4.56. The van der Waals surface area contributed by atoms with E-state index in [1.807, 2.05) is 12.1 Å². The molecule has 0 bridgehead atoms. The third kappa shape index (κ3) is 2.80. The number of nitrogens with two attached hydrogens (primary N) is 1. The van der Waals surface area contributed by atoms with Crippen LogP contribution in [0.5, 0.6) is 11.6 Å². The van der Waals surface area contributed by atoms with Gasteiger partial charge in [0, 0.05) is 17.8 Å². The fourth-order valence-electron chi connectivity index (χ4n) is 2.48. The second-order valence-electron chi connectivity index (χ2n) is 4.99. The Balaban J connectivity index is 1.78. The van der Waals surface area contributed by atoms with Crippen molar-refractivity contribution in [3.63, 3.8) is 0 Å². The molecule has 20 heavy (non-hydrogen) atoms. The summed E-state index contributed by atoms with van der Waals surface area (Å²) >= 11 is 4.90. The van der Waals surface area contributed by atoms with Crippen molar-refractivity contribution in [3.05, 3.63) is 53.2 Å². The average Bonchev–Trinajstić information content (AvgIpc) is 2.48. The molecule has 0 saturated heterocycles. The van der Waals surface area contributed by atoms with Gasteiger partial charge in [-0.2, -0.15) is 0 Å². The lowest BCUT2D eigenvalue weighted by Crippen LogP contribution is -2.09. The van der Waals surface area contributed by atoms with Crippen LogP contribution in [-0.4, -0.2) is 9.97 Å². The molecule has 0 radical (unpaired) electrons. The van der Waals surface area contributed by atoms with Crippen LogP contribution in [0.25, 0.3) is 0 Å². The Morgan fingerprint density at radius 1 is 1.10 bits per heavy atom. The molecule has 1 aromatic carbocycles. The molecule has 3 nitrogen and oxygen atoms in total. The Kier molecular flexibility index (Phi) is 3.65. The van der Waals surface area contributed by atoms with Crippen LogP contribution in [0.1, 0.15) is 29.5 Å². The molecule has 3 rings (SSSR count). The highest BCUT2D eigenvalue weighted by Crippen LogP contribution is 2.27. The number of pyridine rings is 1. The van der Waals surface area contributed by atoms with Gasteiger partial charge in [0.05, 0.1) is 0 Å². The lowest BCUT2D eigenvalue weighted by molar-refractivity contribution is 0.461. The molecule has 0 aliphatic heterocycles. The summed E-state index contributed by atoms with van der Waals surface area (Å²) in [7, 11) is 0. The molecule has 1 aromatic heterocycles. The number of rotatable bonds is 3. The summed E-state index contributed by atoms with van der Waals surface area (Å²) in [6.45, 7) is 0. The van der Waals surface area contributed by atoms with Crippen LogP contribution < -0.4 is 10.5 Å². The van der Waals surface area contributed by atoms with Gasteiger partial charge in [-0.25, -0.2) is 4.98 Å². The lowest BCUT2D eigenvalue weighted by atomic mass is 9.92. The minimum absolute atomic E-state index is 0.345. The first kappa shape index (κ1) is 13.1. The van der Waals surface area contributed by atoms with E-state index in [1.165, 1.54) is 30.4 Å². The minimum Gasteiger partial charge on any atom is -0.439 e. The SMILES string of the molecule is NC(=S)c1ccc(Oc2ccc3c(c2)CCCC3)nc1. The van der Waals surface area contributed by atoms with E-state index in [1.54, 1.807) is 12.3 Å². The summed E-state index contributed by atoms with van der Waals surface area (Å²) in [5.74, 6) is 1.39. The zero-order chi connectivity index (χ0) is 13.9. The second-order valence-corrected chi connectivity index (χ2v) is 5.43. The third-order valence-corrected chi connectivity index (χ3v) is 3.80. The van der Waals surface area contributed by atoms with Gasteiger partial charge in [-0.15, -0.1) is 0 Å². The smallest absolute Gasteiger partial charge is 0.219 e. The predicted octanol–water partition coefficient (Wildman–Crippen LogP) is 3.39. The number of thiocarbonyl (C=S) groups is 1. The Hall–Kier alpha value is -1.94. The highest BCUT2D eigenvalue weighted by atomic mass is 32.1. The first-order valence-electron chi connectivity index (χ1n) is 6.78. The van der Waals surface area contributed by atoms with Crippen molar-refractivity contribution in [2.75, 3.05) is 0 Å². The molecular weight excluding hydrogens is 268 g/mol. The molecule has 2 N–H and O–H groups in total. The number of aromatic nitrogens is 1. The minimum atomic E-state index is 0.345. The molecule has 0 unspecified atom stereocenters. The first-order chi connectivity index (χ1) is 9.72. The van der Waals surface area contributed by atoms with E-state index >= 15 is 0 Å². The molecule has 1 aliphatic carbocycles. The van der Waals surface area contributed by atoms with E-state index in [0.29, 0.717) is 10.9 Å². The zero-order valence-electron chi connectivity index (χ0n) is 11.1. The fraction of sp³-hybridized carbons (Fsp3) is 0.250. The van der Waals surface area contributed by atoms with Gasteiger partial charge in [0.15, 0.2) is 0 Å². The molecule has 0 fully saturated rings. The molecule has 0 atom stereocenters. The number of hydrogen-bond acceptors (Lipinski definition) is 3. The molecule has 1 aliphatic rings. The maximum Gasteiger partial charge on any atom is 0.219 e. The lowest BCUT2D eigenvalue weighted by Gasteiger charge is -2.16. The van der Waals surface area contributed by atoms with Crippen molar-refractivity contribution < 1.29 is 4.74 Å². The van der Waals surface area contributed by atoms with Crippen molar-refractivity contribution in [2.24, 2.45) is 5.73 Å². The number of fused-ring (bicyclic) bond motifs is 1. The zero-order valence-corrected chi connectivity index (χ0v) is 12.0. The van der Waals surface area contributed by atoms with Crippen LogP contribution in [0.15, 0.2) is 36.5 Å². The van der Waals surface area contributed by atoms with Gasteiger partial charge in [0.2, 0.25) is 5.88 Å². The monoisotopic (exact) mass is 284 g/mol. The summed E-state index contributed by atoms with van der Waals surface area (Å²) < 4.78 is 5.78. The fourth-order valence-corrected chi connectivity index (χ4v) is 2.60. The van der Waals surface area contributed by atoms with Crippen molar-refractivity contribution in [3.8, 4) is 11.6 Å². The Labute approximate surface area is 123 Å². The molecule has 1 heterocycles. The quantitative estimate of drug-likeness (QED) is 0.878. The van der Waals surface area contributed by atoms with E-state index in [9.17, 15) is 0 Å². The number of ether oxygens (including phenoxy) is 1. The maximum atomic E-state index is 5.78. The van der Waals surface area contributed by atoms with E-state index < -0.39 is 0 Å². The Morgan fingerprint density at radius 2 is 1.90 bits per heavy atom. The highest BCUT2D eigenvalue weighted by Gasteiger charge is 2.10. The molecule has 2 aromatic rings. The Morgan fingerprint density at radius 3 is 2.60 bits per heavy atom. The maximum absolute atomic E-state index is 5.78. The number of nitrogens with zero attached hydrogens (tertiary/aromatic N) is 1. The van der Waals surface area contributed by atoms with Gasteiger partial charge in [-0.05, 0) is 55.0 Å². The number of aryl methyl sites for hydroxylation is 2. The third-order valence-electron chi connectivity index (χ3n) is 3.56. The van der Waals surface area contributed by atoms with E-state index in [2.05, 4.69) is 17.1 Å². The van der Waals surface area contributed by atoms with Gasteiger partial charge in [0.1, 0.15) is 10.7 Å². The van der Waals surface area contributed by atoms with Gasteiger partial charge < -0.3 is 10.5 Å². The van der Waals surface area contributed by atoms with Gasteiger partial charge in [-0.1, -0.05) is 18.3 Å². The molecule has 0 saturated carbocycles. The van der Waals surface area contributed by atoms with Crippen LogP contribution >= 0.6 is 12.2 Å². The van der Waals surface area contributed by atoms with Crippen LogP contribution in [0, 0.1) is 0 Å². The van der Waals surface area contributed by atoms with Crippen LogP contribution in [0.2, 0.25) is 0 Å². The van der Waals surface area contributed by atoms with Gasteiger partial charge >= 0.3 is 0 Å². The summed E-state index contributed by atoms with van der Waals surface area (Å²) in [5, 5.41) is 0. The number of hydrogen-bond donors (Lipinski definition) is 1. The molecule has 0 spiro atoms. The topological polar surface area (TPSA) is 48.1 Å². The average molecular weight is 284 g/mol. The predicted molar refractivity (Wildman–Crippen MR) is 83.3 cm³/mol. The molecule has 102 valence electrons. The van der Waals surface area contributed by atoms with Crippen molar-refractivity contribution in [1.29, 1.82) is 0 Å². The standard InChI is InChI=1S/C16H16N2OS/c17-16(20)13-6-8-15(18-10-13)19-14-7-5-11-3-1-2-4-12(11)9-14/h5-10H,1-4H2,(H2,17,20). The second kappa shape index (κ2) is 5.59. The molecule has 0 amide bonds. The molecular formula is C16H16N2OS. The summed E-state index contributed by atoms with van der Waals surface area (Å²) in [5.41, 5.74) is 9.13. The van der Waals surface area contributed by atoms with E-state index in [-0.39, 0.29) is 0 Å². The molecule has 4 heteroatoms. The van der Waals surface area contributed by atoms with E-state index in [0.717, 1.165) is 17.7 Å². The van der Waals surface area contributed by atoms with Crippen molar-refractivity contribution >= 4 is 17.2 Å². The van der Waals surface area contributed by atoms with Crippen molar-refractivity contribution in [2.45, 2.75) is 25.7 Å². The van der Waals surface area contributed by atoms with Crippen LogP contribution in [-0.2, 0) is 12.8 Å². The van der Waals surface area contributed by atoms with Gasteiger partial charge in [0.25, 0.3) is 0 Å². The van der Waals surface area contributed by atoms with Gasteiger partial charge in [-0.3, -0.25) is 0 Å². The normalized spacial score (nSPS) is 13.6. The number of benzene rings is 1. The summed E-state index contributed by atoms with van der Waals surface area (Å²) in [6, 6.07) is 9.90.